The van der Waals surface area contributed by atoms with E-state index in [9.17, 15) is 0 Å². The molecule has 18 heavy (non-hydrogen) atoms. The van der Waals surface area contributed by atoms with Crippen LogP contribution in [0.25, 0.3) is 0 Å². The first-order chi connectivity index (χ1) is 8.60. The van der Waals surface area contributed by atoms with E-state index in [2.05, 4.69) is 27.8 Å². The second-order valence-electron chi connectivity index (χ2n) is 4.50. The molecular formula is C13H21N5. The van der Waals surface area contributed by atoms with Gasteiger partial charge in [0.25, 0.3) is 0 Å². The fourth-order valence-corrected chi connectivity index (χ4v) is 1.73. The van der Waals surface area contributed by atoms with Crippen LogP contribution in [0, 0.1) is 11.3 Å². The zero-order valence-electron chi connectivity index (χ0n) is 11.3. The summed E-state index contributed by atoms with van der Waals surface area (Å²) in [4.78, 5) is 8.57. The first-order valence-electron chi connectivity index (χ1n) is 6.14. The van der Waals surface area contributed by atoms with Crippen LogP contribution in [0.1, 0.15) is 18.9 Å². The molecule has 0 aliphatic rings. The fourth-order valence-electron chi connectivity index (χ4n) is 1.73. The van der Waals surface area contributed by atoms with Gasteiger partial charge >= 0.3 is 0 Å². The second kappa shape index (κ2) is 6.82. The van der Waals surface area contributed by atoms with Gasteiger partial charge in [-0.3, -0.25) is 0 Å². The zero-order chi connectivity index (χ0) is 13.5. The lowest BCUT2D eigenvalue weighted by atomic mass is 10.2. The predicted molar refractivity (Wildman–Crippen MR) is 74.4 cm³/mol. The lowest BCUT2D eigenvalue weighted by molar-refractivity contribution is 0.412. The predicted octanol–water partition coefficient (Wildman–Crippen LogP) is 1.31. The van der Waals surface area contributed by atoms with Crippen molar-refractivity contribution >= 4 is 11.5 Å². The van der Waals surface area contributed by atoms with Crippen molar-refractivity contribution in [2.24, 2.45) is 0 Å². The van der Waals surface area contributed by atoms with Crippen LogP contribution in [0.15, 0.2) is 12.3 Å². The molecule has 0 saturated carbocycles. The van der Waals surface area contributed by atoms with Crippen LogP contribution in [-0.2, 0) is 0 Å². The van der Waals surface area contributed by atoms with Crippen molar-refractivity contribution in [1.82, 2.24) is 9.88 Å². The van der Waals surface area contributed by atoms with Gasteiger partial charge in [-0.1, -0.05) is 6.92 Å². The van der Waals surface area contributed by atoms with Crippen LogP contribution >= 0.6 is 0 Å². The lowest BCUT2D eigenvalue weighted by Crippen LogP contribution is -2.33. The minimum atomic E-state index is 0.479. The molecule has 1 rings (SSSR count). The number of nitriles is 1. The smallest absolute Gasteiger partial charge is 0.153 e. The number of hydrogen-bond acceptors (Lipinski definition) is 5. The molecule has 1 aromatic rings. The van der Waals surface area contributed by atoms with E-state index in [-0.39, 0.29) is 0 Å². The summed E-state index contributed by atoms with van der Waals surface area (Å²) in [5, 5.41) is 8.99. The van der Waals surface area contributed by atoms with Gasteiger partial charge in [-0.05, 0) is 26.6 Å². The maximum absolute atomic E-state index is 8.99. The Morgan fingerprint density at radius 3 is 2.61 bits per heavy atom. The summed E-state index contributed by atoms with van der Waals surface area (Å²) in [6.45, 7) is 4.79. The van der Waals surface area contributed by atoms with Crippen LogP contribution in [0.4, 0.5) is 11.5 Å². The highest BCUT2D eigenvalue weighted by Gasteiger charge is 2.13. The molecule has 2 N–H and O–H groups in total. The number of rotatable bonds is 6. The molecule has 0 amide bonds. The van der Waals surface area contributed by atoms with Crippen molar-refractivity contribution in [3.63, 3.8) is 0 Å². The van der Waals surface area contributed by atoms with Gasteiger partial charge < -0.3 is 15.5 Å². The summed E-state index contributed by atoms with van der Waals surface area (Å²) >= 11 is 0. The van der Waals surface area contributed by atoms with Crippen LogP contribution in [0.3, 0.4) is 0 Å². The van der Waals surface area contributed by atoms with Gasteiger partial charge in [0.15, 0.2) is 5.82 Å². The van der Waals surface area contributed by atoms with Crippen molar-refractivity contribution in [1.29, 1.82) is 5.26 Å². The number of nitrogen functional groups attached to an aromatic ring is 1. The molecule has 0 spiro atoms. The molecule has 0 radical (unpaired) electrons. The quantitative estimate of drug-likeness (QED) is 0.821. The summed E-state index contributed by atoms with van der Waals surface area (Å²) in [7, 11) is 4.07. The van der Waals surface area contributed by atoms with E-state index in [1.165, 1.54) is 0 Å². The molecule has 0 aromatic carbocycles. The minimum Gasteiger partial charge on any atom is -0.395 e. The number of hydrogen-bond donors (Lipinski definition) is 1. The topological polar surface area (TPSA) is 69.2 Å². The Kier molecular flexibility index (Phi) is 5.40. The summed E-state index contributed by atoms with van der Waals surface area (Å²) in [5.74, 6) is 0.720. The van der Waals surface area contributed by atoms with E-state index in [0.29, 0.717) is 11.3 Å². The summed E-state index contributed by atoms with van der Waals surface area (Å²) in [6.07, 6.45) is 2.66. The Labute approximate surface area is 109 Å². The van der Waals surface area contributed by atoms with Gasteiger partial charge in [0.2, 0.25) is 0 Å². The highest BCUT2D eigenvalue weighted by atomic mass is 15.2. The Bertz CT molecular complexity index is 422. The monoisotopic (exact) mass is 247 g/mol. The summed E-state index contributed by atoms with van der Waals surface area (Å²) in [6, 6.07) is 3.74. The molecule has 0 aliphatic carbocycles. The van der Waals surface area contributed by atoms with Gasteiger partial charge in [-0.2, -0.15) is 5.26 Å². The van der Waals surface area contributed by atoms with Crippen LogP contribution < -0.4 is 10.6 Å². The highest BCUT2D eigenvalue weighted by Crippen LogP contribution is 2.23. The maximum Gasteiger partial charge on any atom is 0.153 e. The molecule has 0 aliphatic heterocycles. The molecule has 0 atom stereocenters. The average molecular weight is 247 g/mol. The Morgan fingerprint density at radius 2 is 2.06 bits per heavy atom. The number of anilines is 2. The number of nitrogens with two attached hydrogens (primary N) is 1. The Morgan fingerprint density at radius 1 is 1.33 bits per heavy atom. The van der Waals surface area contributed by atoms with Gasteiger partial charge in [0.1, 0.15) is 6.07 Å². The first-order valence-corrected chi connectivity index (χ1v) is 6.14. The highest BCUT2D eigenvalue weighted by molar-refractivity contribution is 5.69. The Hall–Kier alpha value is -1.80. The van der Waals surface area contributed by atoms with Crippen LogP contribution in [-0.4, -0.2) is 43.6 Å². The molecule has 0 unspecified atom stereocenters. The number of pyridine rings is 1. The van der Waals surface area contributed by atoms with Gasteiger partial charge in [0, 0.05) is 25.8 Å². The summed E-state index contributed by atoms with van der Waals surface area (Å²) < 4.78 is 0. The third-order valence-corrected chi connectivity index (χ3v) is 2.70. The van der Waals surface area contributed by atoms with E-state index in [1.807, 2.05) is 14.1 Å². The van der Waals surface area contributed by atoms with E-state index in [1.54, 1.807) is 12.3 Å². The van der Waals surface area contributed by atoms with Gasteiger partial charge in [-0.25, -0.2) is 4.98 Å². The lowest BCUT2D eigenvalue weighted by Gasteiger charge is -2.26. The van der Waals surface area contributed by atoms with Crippen LogP contribution in [0.5, 0.6) is 0 Å². The zero-order valence-corrected chi connectivity index (χ0v) is 11.3. The van der Waals surface area contributed by atoms with E-state index in [0.717, 1.165) is 31.9 Å². The van der Waals surface area contributed by atoms with E-state index < -0.39 is 0 Å². The molecule has 0 fully saturated rings. The largest absolute Gasteiger partial charge is 0.395 e. The third-order valence-electron chi connectivity index (χ3n) is 2.70. The van der Waals surface area contributed by atoms with E-state index in [4.69, 9.17) is 11.0 Å². The second-order valence-corrected chi connectivity index (χ2v) is 4.50. The van der Waals surface area contributed by atoms with E-state index >= 15 is 0 Å². The minimum absolute atomic E-state index is 0.479. The fraction of sp³-hybridized carbons (Fsp3) is 0.538. The maximum atomic E-state index is 8.99. The average Bonchev–Trinajstić information content (AvgIpc) is 2.35. The van der Waals surface area contributed by atoms with Crippen molar-refractivity contribution in [2.75, 3.05) is 44.4 Å². The molecule has 5 nitrogen and oxygen atoms in total. The molecule has 1 aromatic heterocycles. The molecule has 98 valence electrons. The SMILES string of the molecule is CCCN(CCN(C)C)c1nccc(C#N)c1N. The Balaban J connectivity index is 2.95. The van der Waals surface area contributed by atoms with Crippen molar-refractivity contribution < 1.29 is 0 Å². The van der Waals surface area contributed by atoms with Gasteiger partial charge in [0.05, 0.1) is 11.3 Å². The summed E-state index contributed by atoms with van der Waals surface area (Å²) in [5.41, 5.74) is 6.96. The molecule has 1 heterocycles. The molecule has 5 heteroatoms. The van der Waals surface area contributed by atoms with Crippen molar-refractivity contribution in [3.05, 3.63) is 17.8 Å². The van der Waals surface area contributed by atoms with Crippen molar-refractivity contribution in [2.45, 2.75) is 13.3 Å². The number of nitrogens with zero attached hydrogens (tertiary/aromatic N) is 4. The number of aromatic nitrogens is 1. The molecule has 0 saturated heterocycles. The third kappa shape index (κ3) is 3.60. The normalized spacial score (nSPS) is 10.4. The first kappa shape index (κ1) is 14.3. The van der Waals surface area contributed by atoms with Crippen molar-refractivity contribution in [3.8, 4) is 6.07 Å². The standard InChI is InChI=1S/C13H21N5/c1-4-7-18(9-8-17(2)3)13-12(15)11(10-14)5-6-16-13/h5-6H,4,7-9,15H2,1-3H3. The molecular weight excluding hydrogens is 226 g/mol. The molecule has 0 bridgehead atoms. The van der Waals surface area contributed by atoms with Gasteiger partial charge in [-0.15, -0.1) is 0 Å². The number of likely N-dealkylation sites (N-methyl/N-ethyl adjacent to an activating group) is 1. The van der Waals surface area contributed by atoms with Crippen LogP contribution in [0.2, 0.25) is 0 Å².